The minimum atomic E-state index is -0.668. The van der Waals surface area contributed by atoms with E-state index in [0.717, 1.165) is 30.8 Å². The zero-order chi connectivity index (χ0) is 26.0. The van der Waals surface area contributed by atoms with Crippen LogP contribution in [0.4, 0.5) is 4.79 Å². The Balaban J connectivity index is 0.00000400. The highest BCUT2D eigenvalue weighted by Gasteiger charge is 2.19. The van der Waals surface area contributed by atoms with Crippen molar-refractivity contribution >= 4 is 12.0 Å². The Labute approximate surface area is 226 Å². The van der Waals surface area contributed by atoms with Crippen LogP contribution in [0.15, 0.2) is 83.8 Å². The quantitative estimate of drug-likeness (QED) is 0.462. The standard InChI is InChI=1S/C30H35N3O4.CH4/c1-22-14-15-26(20-23(22)2)36-28-13-9-10-24(29(34)31-16-19-33-17-7-4-8-18-33)21-27(28)32-30(35)37-25-11-5-3-6-12-25;/h3,5-6,10-15,20-21H,4,7-9,16-19H2,1-2H3,(H,31,34)(H,32,35);1H4. The molecule has 38 heavy (non-hydrogen) atoms. The Hall–Kier alpha value is -3.84. The van der Waals surface area contributed by atoms with E-state index in [1.807, 2.05) is 50.3 Å². The maximum absolute atomic E-state index is 13.0. The largest absolute Gasteiger partial charge is 0.456 e. The van der Waals surface area contributed by atoms with Gasteiger partial charge in [0.25, 0.3) is 5.91 Å². The Morgan fingerprint density at radius 2 is 1.68 bits per heavy atom. The molecular weight excluding hydrogens is 478 g/mol. The lowest BCUT2D eigenvalue weighted by Gasteiger charge is -2.26. The third kappa shape index (κ3) is 8.35. The van der Waals surface area contributed by atoms with E-state index >= 15 is 0 Å². The number of hydrogen-bond acceptors (Lipinski definition) is 5. The van der Waals surface area contributed by atoms with E-state index in [2.05, 4.69) is 15.5 Å². The summed E-state index contributed by atoms with van der Waals surface area (Å²) in [5, 5.41) is 5.79. The summed E-state index contributed by atoms with van der Waals surface area (Å²) in [7, 11) is 0. The molecule has 1 fully saturated rings. The van der Waals surface area contributed by atoms with E-state index in [9.17, 15) is 9.59 Å². The lowest BCUT2D eigenvalue weighted by molar-refractivity contribution is -0.117. The van der Waals surface area contributed by atoms with Crippen LogP contribution in [0, 0.1) is 13.8 Å². The van der Waals surface area contributed by atoms with Gasteiger partial charge in [-0.05, 0) is 93.7 Å². The summed E-state index contributed by atoms with van der Waals surface area (Å²) in [6, 6.07) is 14.6. The molecular formula is C31H39N3O4. The van der Waals surface area contributed by atoms with Crippen molar-refractivity contribution in [2.75, 3.05) is 26.2 Å². The smallest absolute Gasteiger partial charge is 0.417 e. The predicted octanol–water partition coefficient (Wildman–Crippen LogP) is 5.81. The van der Waals surface area contributed by atoms with E-state index in [1.165, 1.54) is 19.3 Å². The van der Waals surface area contributed by atoms with E-state index in [4.69, 9.17) is 9.47 Å². The third-order valence-electron chi connectivity index (χ3n) is 6.53. The fourth-order valence-electron chi connectivity index (χ4n) is 4.29. The highest BCUT2D eigenvalue weighted by molar-refractivity contribution is 5.96. The number of amides is 2. The van der Waals surface area contributed by atoms with Gasteiger partial charge in [-0.3, -0.25) is 10.1 Å². The Kier molecular flexibility index (Phi) is 10.7. The minimum absolute atomic E-state index is 0. The number of piperidine rings is 1. The predicted molar refractivity (Wildman–Crippen MR) is 151 cm³/mol. The van der Waals surface area contributed by atoms with Crippen LogP contribution in [-0.4, -0.2) is 43.1 Å². The van der Waals surface area contributed by atoms with Gasteiger partial charge < -0.3 is 19.7 Å². The summed E-state index contributed by atoms with van der Waals surface area (Å²) in [6.45, 7) is 7.62. The first kappa shape index (κ1) is 28.7. The average molecular weight is 518 g/mol. The number of hydrogen-bond donors (Lipinski definition) is 2. The molecule has 2 amide bonds. The Morgan fingerprint density at radius 1 is 0.921 bits per heavy atom. The number of para-hydroxylation sites is 1. The van der Waals surface area contributed by atoms with Gasteiger partial charge in [-0.15, -0.1) is 0 Å². The van der Waals surface area contributed by atoms with Crippen LogP contribution < -0.4 is 20.1 Å². The molecule has 1 aliphatic carbocycles. The third-order valence-corrected chi connectivity index (χ3v) is 6.53. The first-order chi connectivity index (χ1) is 18.0. The molecule has 2 aromatic carbocycles. The zero-order valence-corrected chi connectivity index (χ0v) is 21.6. The lowest BCUT2D eigenvalue weighted by Crippen LogP contribution is -2.38. The molecule has 2 aromatic rings. The second-order valence-corrected chi connectivity index (χ2v) is 9.36. The molecule has 1 saturated heterocycles. The molecule has 0 spiro atoms. The molecule has 202 valence electrons. The van der Waals surface area contributed by atoms with Crippen molar-refractivity contribution in [2.45, 2.75) is 47.0 Å². The molecule has 7 heteroatoms. The molecule has 0 atom stereocenters. The van der Waals surface area contributed by atoms with Crippen molar-refractivity contribution in [3.8, 4) is 11.5 Å². The van der Waals surface area contributed by atoms with Gasteiger partial charge in [0.15, 0.2) is 0 Å². The maximum Gasteiger partial charge on any atom is 0.417 e. The molecule has 0 saturated carbocycles. The number of nitrogens with one attached hydrogen (secondary N) is 2. The van der Waals surface area contributed by atoms with E-state index in [0.29, 0.717) is 41.5 Å². The van der Waals surface area contributed by atoms with Crippen molar-refractivity contribution < 1.29 is 19.1 Å². The first-order valence-electron chi connectivity index (χ1n) is 12.9. The van der Waals surface area contributed by atoms with Gasteiger partial charge >= 0.3 is 6.09 Å². The normalized spacial score (nSPS) is 15.6. The Bertz CT molecular complexity index is 1190. The molecule has 4 rings (SSSR count). The van der Waals surface area contributed by atoms with E-state index in [-0.39, 0.29) is 13.3 Å². The number of rotatable bonds is 8. The number of likely N-dealkylation sites (tertiary alicyclic amines) is 1. The van der Waals surface area contributed by atoms with Gasteiger partial charge in [-0.1, -0.05) is 44.2 Å². The number of ether oxygens (including phenoxy) is 2. The average Bonchev–Trinajstić information content (AvgIpc) is 3.09. The van der Waals surface area contributed by atoms with Gasteiger partial charge in [0, 0.05) is 18.7 Å². The number of carbonyl (C=O) groups excluding carboxylic acids is 2. The maximum atomic E-state index is 13.0. The lowest BCUT2D eigenvalue weighted by atomic mass is 10.1. The van der Waals surface area contributed by atoms with Crippen LogP contribution in [0.5, 0.6) is 11.5 Å². The molecule has 0 radical (unpaired) electrons. The first-order valence-corrected chi connectivity index (χ1v) is 12.9. The van der Waals surface area contributed by atoms with Crippen LogP contribution in [0.3, 0.4) is 0 Å². The van der Waals surface area contributed by atoms with Crippen molar-refractivity contribution in [1.82, 2.24) is 15.5 Å². The molecule has 7 nitrogen and oxygen atoms in total. The zero-order valence-electron chi connectivity index (χ0n) is 21.6. The highest BCUT2D eigenvalue weighted by atomic mass is 16.6. The summed E-state index contributed by atoms with van der Waals surface area (Å²) in [6.07, 6.45) is 8.83. The number of nitrogens with zero attached hydrogens (tertiary/aromatic N) is 1. The van der Waals surface area contributed by atoms with Crippen LogP contribution in [0.1, 0.15) is 44.2 Å². The van der Waals surface area contributed by atoms with Crippen molar-refractivity contribution in [3.05, 3.63) is 94.9 Å². The Morgan fingerprint density at radius 3 is 2.42 bits per heavy atom. The fourth-order valence-corrected chi connectivity index (χ4v) is 4.29. The van der Waals surface area contributed by atoms with Crippen LogP contribution in [0.25, 0.3) is 0 Å². The van der Waals surface area contributed by atoms with E-state index in [1.54, 1.807) is 30.3 Å². The monoisotopic (exact) mass is 517 g/mol. The number of benzene rings is 2. The molecule has 1 aliphatic heterocycles. The number of allylic oxidation sites excluding steroid dienone is 2. The summed E-state index contributed by atoms with van der Waals surface area (Å²) >= 11 is 0. The highest BCUT2D eigenvalue weighted by Crippen LogP contribution is 2.24. The van der Waals surface area contributed by atoms with Gasteiger partial charge in [-0.25, -0.2) is 4.79 Å². The molecule has 0 unspecified atom stereocenters. The van der Waals surface area contributed by atoms with Gasteiger partial charge in [0.1, 0.15) is 17.3 Å². The summed E-state index contributed by atoms with van der Waals surface area (Å²) in [4.78, 5) is 28.1. The topological polar surface area (TPSA) is 79.9 Å². The van der Waals surface area contributed by atoms with Crippen molar-refractivity contribution in [3.63, 3.8) is 0 Å². The fraction of sp³-hybridized carbons (Fsp3) is 0.355. The van der Waals surface area contributed by atoms with Crippen molar-refractivity contribution in [1.29, 1.82) is 0 Å². The van der Waals surface area contributed by atoms with E-state index < -0.39 is 6.09 Å². The summed E-state index contributed by atoms with van der Waals surface area (Å²) in [5.41, 5.74) is 3.07. The van der Waals surface area contributed by atoms with Gasteiger partial charge in [-0.2, -0.15) is 0 Å². The number of aryl methyl sites for hydroxylation is 2. The minimum Gasteiger partial charge on any atom is -0.456 e. The van der Waals surface area contributed by atoms with Gasteiger partial charge in [0.05, 0.1) is 5.70 Å². The number of carbonyl (C=O) groups is 2. The molecule has 0 aromatic heterocycles. The second kappa shape index (κ2) is 14.2. The molecule has 2 aliphatic rings. The summed E-state index contributed by atoms with van der Waals surface area (Å²) in [5.74, 6) is 1.32. The van der Waals surface area contributed by atoms with Crippen molar-refractivity contribution in [2.24, 2.45) is 0 Å². The molecule has 1 heterocycles. The SMILES string of the molecule is C.Cc1ccc(OC2=CCC=C(C(=O)NCCN3CCCCC3)C=C2NC(=O)Oc2ccccc2)cc1C. The van der Waals surface area contributed by atoms with Crippen LogP contribution in [0.2, 0.25) is 0 Å². The molecule has 0 bridgehead atoms. The van der Waals surface area contributed by atoms with Gasteiger partial charge in [0.2, 0.25) is 0 Å². The summed E-state index contributed by atoms with van der Waals surface area (Å²) < 4.78 is 11.6. The van der Waals surface area contributed by atoms with Crippen LogP contribution in [-0.2, 0) is 4.79 Å². The van der Waals surface area contributed by atoms with Crippen LogP contribution >= 0.6 is 0 Å². The molecule has 2 N–H and O–H groups in total. The second-order valence-electron chi connectivity index (χ2n) is 9.36.